The molecule has 20 heavy (non-hydrogen) atoms. The van der Waals surface area contributed by atoms with Gasteiger partial charge in [0.1, 0.15) is 17.3 Å². The van der Waals surface area contributed by atoms with E-state index in [1.165, 1.54) is 12.1 Å². The van der Waals surface area contributed by atoms with Crippen LogP contribution in [0.5, 0.6) is 11.5 Å². The van der Waals surface area contributed by atoms with Crippen molar-refractivity contribution in [2.45, 2.75) is 26.4 Å². The van der Waals surface area contributed by atoms with Crippen LogP contribution in [0.15, 0.2) is 46.9 Å². The van der Waals surface area contributed by atoms with Crippen LogP contribution in [0.4, 0.5) is 4.39 Å². The van der Waals surface area contributed by atoms with Crippen LogP contribution in [0.3, 0.4) is 0 Å². The lowest BCUT2D eigenvalue weighted by Gasteiger charge is -2.13. The number of hydrogen-bond acceptors (Lipinski definition) is 2. The van der Waals surface area contributed by atoms with E-state index in [0.29, 0.717) is 22.8 Å². The zero-order chi connectivity index (χ0) is 14.5. The van der Waals surface area contributed by atoms with E-state index in [2.05, 4.69) is 35.1 Å². The van der Waals surface area contributed by atoms with Gasteiger partial charge >= 0.3 is 0 Å². The van der Waals surface area contributed by atoms with Gasteiger partial charge in [-0.2, -0.15) is 0 Å². The molecular weight excluding hydrogens is 321 g/mol. The fraction of sp³-hybridized carbons (Fsp3) is 0.250. The van der Waals surface area contributed by atoms with Crippen LogP contribution in [0.2, 0.25) is 0 Å². The molecule has 2 rings (SSSR count). The third-order valence-corrected chi connectivity index (χ3v) is 3.20. The van der Waals surface area contributed by atoms with Gasteiger partial charge in [0.05, 0.1) is 0 Å². The zero-order valence-corrected chi connectivity index (χ0v) is 13.1. The van der Waals surface area contributed by atoms with Crippen LogP contribution in [0, 0.1) is 5.82 Å². The highest BCUT2D eigenvalue weighted by Gasteiger charge is 2.06. The second-order valence-corrected chi connectivity index (χ2v) is 5.77. The molecule has 2 nitrogen and oxygen atoms in total. The molecule has 106 valence electrons. The lowest BCUT2D eigenvalue weighted by molar-refractivity contribution is 0.464. The first-order chi connectivity index (χ1) is 9.54. The summed E-state index contributed by atoms with van der Waals surface area (Å²) in [5.41, 5.74) is 1.04. The molecule has 0 radical (unpaired) electrons. The maximum atomic E-state index is 13.4. The van der Waals surface area contributed by atoms with Crippen LogP contribution in [-0.2, 0) is 6.54 Å². The second-order valence-electron chi connectivity index (χ2n) is 4.85. The molecule has 0 spiro atoms. The quantitative estimate of drug-likeness (QED) is 0.839. The summed E-state index contributed by atoms with van der Waals surface area (Å²) in [4.78, 5) is 0. The Morgan fingerprint density at radius 1 is 1.20 bits per heavy atom. The van der Waals surface area contributed by atoms with Gasteiger partial charge in [-0.05, 0) is 18.2 Å². The van der Waals surface area contributed by atoms with Gasteiger partial charge in [-0.3, -0.25) is 0 Å². The number of rotatable bonds is 5. The molecule has 2 aromatic carbocycles. The van der Waals surface area contributed by atoms with E-state index in [0.717, 1.165) is 11.3 Å². The first-order valence-corrected chi connectivity index (χ1v) is 7.29. The molecule has 0 aromatic heterocycles. The van der Waals surface area contributed by atoms with E-state index < -0.39 is 0 Å². The molecule has 0 saturated heterocycles. The number of nitrogens with one attached hydrogen (secondary N) is 1. The van der Waals surface area contributed by atoms with Crippen molar-refractivity contribution in [3.8, 4) is 11.5 Å². The number of para-hydroxylation sites is 1. The topological polar surface area (TPSA) is 21.3 Å². The van der Waals surface area contributed by atoms with E-state index in [9.17, 15) is 4.39 Å². The molecule has 0 aliphatic carbocycles. The summed E-state index contributed by atoms with van der Waals surface area (Å²) in [6, 6.07) is 12.7. The maximum absolute atomic E-state index is 13.4. The number of ether oxygens (including phenoxy) is 1. The Labute approximate surface area is 127 Å². The Balaban J connectivity index is 2.20. The molecule has 0 atom stereocenters. The lowest BCUT2D eigenvalue weighted by atomic mass is 10.2. The van der Waals surface area contributed by atoms with Gasteiger partial charge in [0.25, 0.3) is 0 Å². The van der Waals surface area contributed by atoms with Crippen molar-refractivity contribution in [2.75, 3.05) is 0 Å². The van der Waals surface area contributed by atoms with Crippen molar-refractivity contribution < 1.29 is 9.13 Å². The molecule has 1 N–H and O–H groups in total. The number of benzene rings is 2. The summed E-state index contributed by atoms with van der Waals surface area (Å²) in [6.45, 7) is 4.89. The predicted molar refractivity (Wildman–Crippen MR) is 82.6 cm³/mol. The summed E-state index contributed by atoms with van der Waals surface area (Å²) >= 11 is 3.26. The van der Waals surface area contributed by atoms with Crippen LogP contribution in [-0.4, -0.2) is 6.04 Å². The van der Waals surface area contributed by atoms with E-state index in [1.807, 2.05) is 24.3 Å². The molecule has 0 amide bonds. The van der Waals surface area contributed by atoms with Crippen molar-refractivity contribution in [1.29, 1.82) is 0 Å². The third-order valence-electron chi connectivity index (χ3n) is 2.74. The molecule has 2 aromatic rings. The first kappa shape index (κ1) is 15.0. The average Bonchev–Trinajstić information content (AvgIpc) is 2.36. The highest BCUT2D eigenvalue weighted by Crippen LogP contribution is 2.28. The van der Waals surface area contributed by atoms with Crippen molar-refractivity contribution in [1.82, 2.24) is 5.32 Å². The van der Waals surface area contributed by atoms with Crippen LogP contribution in [0.25, 0.3) is 0 Å². The molecule has 0 aliphatic heterocycles. The Morgan fingerprint density at radius 2 is 1.95 bits per heavy atom. The van der Waals surface area contributed by atoms with Crippen LogP contribution >= 0.6 is 15.9 Å². The molecule has 0 saturated carbocycles. The smallest absolute Gasteiger partial charge is 0.131 e. The lowest BCUT2D eigenvalue weighted by Crippen LogP contribution is -2.22. The first-order valence-electron chi connectivity index (χ1n) is 6.50. The van der Waals surface area contributed by atoms with Gasteiger partial charge in [0.15, 0.2) is 0 Å². The summed E-state index contributed by atoms with van der Waals surface area (Å²) in [5, 5.41) is 3.35. The normalized spacial score (nSPS) is 10.8. The maximum Gasteiger partial charge on any atom is 0.131 e. The summed E-state index contributed by atoms with van der Waals surface area (Å²) in [6.07, 6.45) is 0. The minimum absolute atomic E-state index is 0.327. The molecule has 0 bridgehead atoms. The minimum atomic E-state index is -0.327. The molecule has 0 unspecified atom stereocenters. The standard InChI is InChI=1S/C16H17BrFNO/c1-11(2)19-10-12-5-3-4-6-16(12)20-15-8-13(17)7-14(18)9-15/h3-9,11,19H,10H2,1-2H3. The SMILES string of the molecule is CC(C)NCc1ccccc1Oc1cc(F)cc(Br)c1. The van der Waals surface area contributed by atoms with Gasteiger partial charge in [-0.25, -0.2) is 4.39 Å². The summed E-state index contributed by atoms with van der Waals surface area (Å²) in [5.74, 6) is 0.888. The highest BCUT2D eigenvalue weighted by molar-refractivity contribution is 9.10. The highest BCUT2D eigenvalue weighted by atomic mass is 79.9. The molecule has 0 aliphatic rings. The second kappa shape index (κ2) is 6.86. The van der Waals surface area contributed by atoms with Gasteiger partial charge in [0.2, 0.25) is 0 Å². The fourth-order valence-corrected chi connectivity index (χ4v) is 2.22. The van der Waals surface area contributed by atoms with Crippen LogP contribution in [0.1, 0.15) is 19.4 Å². The predicted octanol–water partition coefficient (Wildman–Crippen LogP) is 4.88. The summed E-state index contributed by atoms with van der Waals surface area (Å²) in [7, 11) is 0. The van der Waals surface area contributed by atoms with Crippen molar-refractivity contribution >= 4 is 15.9 Å². The number of halogens is 2. The van der Waals surface area contributed by atoms with Crippen molar-refractivity contribution in [2.24, 2.45) is 0 Å². The van der Waals surface area contributed by atoms with Gasteiger partial charge in [-0.15, -0.1) is 0 Å². The minimum Gasteiger partial charge on any atom is -0.457 e. The van der Waals surface area contributed by atoms with E-state index in [-0.39, 0.29) is 5.82 Å². The Bertz CT molecular complexity index is 566. The van der Waals surface area contributed by atoms with E-state index in [1.54, 1.807) is 6.07 Å². The molecule has 0 fully saturated rings. The van der Waals surface area contributed by atoms with E-state index >= 15 is 0 Å². The van der Waals surface area contributed by atoms with Gasteiger partial charge in [0, 0.05) is 28.7 Å². The largest absolute Gasteiger partial charge is 0.457 e. The summed E-state index contributed by atoms with van der Waals surface area (Å²) < 4.78 is 19.8. The number of hydrogen-bond donors (Lipinski definition) is 1. The van der Waals surface area contributed by atoms with Gasteiger partial charge in [-0.1, -0.05) is 48.0 Å². The Kier molecular flexibility index (Phi) is 5.15. The zero-order valence-electron chi connectivity index (χ0n) is 11.5. The molecule has 0 heterocycles. The molecular formula is C16H17BrFNO. The van der Waals surface area contributed by atoms with Crippen molar-refractivity contribution in [3.05, 3.63) is 58.3 Å². The van der Waals surface area contributed by atoms with Gasteiger partial charge < -0.3 is 10.1 Å². The van der Waals surface area contributed by atoms with Crippen molar-refractivity contribution in [3.63, 3.8) is 0 Å². The average molecular weight is 338 g/mol. The van der Waals surface area contributed by atoms with Crippen LogP contribution < -0.4 is 10.1 Å². The third kappa shape index (κ3) is 4.32. The Morgan fingerprint density at radius 3 is 2.65 bits per heavy atom. The Hall–Kier alpha value is -1.39. The fourth-order valence-electron chi connectivity index (χ4n) is 1.78. The van der Waals surface area contributed by atoms with E-state index in [4.69, 9.17) is 4.74 Å². The molecule has 4 heteroatoms. The monoisotopic (exact) mass is 337 g/mol.